The molecule has 0 atom stereocenters. The van der Waals surface area contributed by atoms with E-state index < -0.39 is 17.4 Å². The Bertz CT molecular complexity index is 1490. The molecule has 0 saturated carbocycles. The summed E-state index contributed by atoms with van der Waals surface area (Å²) in [6.45, 7) is 1.98. The van der Waals surface area contributed by atoms with Gasteiger partial charge in [-0.15, -0.1) is 0 Å². The predicted octanol–water partition coefficient (Wildman–Crippen LogP) is 6.14. The number of methoxy groups -OCH3 is 1. The second-order valence-corrected chi connectivity index (χ2v) is 8.48. The molecule has 0 unspecified atom stereocenters. The second kappa shape index (κ2) is 9.48. The lowest BCUT2D eigenvalue weighted by molar-refractivity contribution is 0.0453. The number of ether oxygens (including phenoxy) is 2. The average molecular weight is 495 g/mol. The number of halogens is 3. The van der Waals surface area contributed by atoms with Gasteiger partial charge in [0.05, 0.1) is 29.1 Å². The molecule has 5 rings (SSSR count). The van der Waals surface area contributed by atoms with E-state index in [0.717, 1.165) is 28.2 Å². The van der Waals surface area contributed by atoms with Crippen LogP contribution in [0.4, 0.5) is 8.78 Å². The highest BCUT2D eigenvalue weighted by Gasteiger charge is 2.17. The van der Waals surface area contributed by atoms with Crippen LogP contribution in [0.3, 0.4) is 0 Å². The molecule has 0 amide bonds. The molecule has 0 fully saturated rings. The van der Waals surface area contributed by atoms with E-state index in [1.54, 1.807) is 10.7 Å². The summed E-state index contributed by atoms with van der Waals surface area (Å²) >= 11 is 6.40. The van der Waals surface area contributed by atoms with E-state index in [1.165, 1.54) is 19.2 Å². The molecule has 3 aromatic heterocycles. The highest BCUT2D eigenvalue weighted by Crippen LogP contribution is 2.29. The summed E-state index contributed by atoms with van der Waals surface area (Å²) in [5.41, 5.74) is 5.03. The molecule has 3 heterocycles. The lowest BCUT2D eigenvalue weighted by atomic mass is 10.1. The lowest BCUT2D eigenvalue weighted by Gasteiger charge is -2.09. The van der Waals surface area contributed by atoms with Crippen molar-refractivity contribution in [2.45, 2.75) is 13.5 Å². The third-order valence-electron chi connectivity index (χ3n) is 5.58. The maximum atomic E-state index is 14.5. The van der Waals surface area contributed by atoms with Crippen molar-refractivity contribution >= 4 is 17.1 Å². The quantitative estimate of drug-likeness (QED) is 0.255. The van der Waals surface area contributed by atoms with Gasteiger partial charge >= 0.3 is 0 Å². The molecular weight excluding hydrogens is 474 g/mol. The molecule has 0 aliphatic carbocycles. The monoisotopic (exact) mass is 494 g/mol. The van der Waals surface area contributed by atoms with Crippen LogP contribution in [-0.4, -0.2) is 33.3 Å². The minimum absolute atomic E-state index is 0.256. The van der Waals surface area contributed by atoms with E-state index in [-0.39, 0.29) is 6.79 Å². The summed E-state index contributed by atoms with van der Waals surface area (Å²) in [5.74, 6) is -2.14. The number of aryl methyl sites for hydroxylation is 1. The highest BCUT2D eigenvalue weighted by atomic mass is 35.5. The molecule has 0 spiro atoms. The largest absolute Gasteiger partial charge is 0.461 e. The molecule has 178 valence electrons. The van der Waals surface area contributed by atoms with E-state index >= 15 is 0 Å². The molecule has 0 aliphatic rings. The van der Waals surface area contributed by atoms with Crippen molar-refractivity contribution in [2.24, 2.45) is 0 Å². The second-order valence-electron chi connectivity index (χ2n) is 8.05. The van der Waals surface area contributed by atoms with Gasteiger partial charge in [-0.3, -0.25) is 4.68 Å². The molecule has 2 aromatic carbocycles. The Morgan fingerprint density at radius 3 is 2.31 bits per heavy atom. The summed E-state index contributed by atoms with van der Waals surface area (Å²) < 4.78 is 42.2. The van der Waals surface area contributed by atoms with E-state index in [0.29, 0.717) is 22.8 Å². The first-order valence-electron chi connectivity index (χ1n) is 10.8. The van der Waals surface area contributed by atoms with Crippen molar-refractivity contribution in [3.63, 3.8) is 0 Å². The van der Waals surface area contributed by atoms with E-state index in [2.05, 4.69) is 5.10 Å². The van der Waals surface area contributed by atoms with Gasteiger partial charge in [-0.2, -0.15) is 10.2 Å². The third-order valence-corrected chi connectivity index (χ3v) is 5.80. The maximum absolute atomic E-state index is 14.5. The number of pyridine rings is 1. The summed E-state index contributed by atoms with van der Waals surface area (Å²) in [6.07, 6.45) is 0. The normalized spacial score (nSPS) is 11.3. The zero-order chi connectivity index (χ0) is 24.5. The molecule has 6 nitrogen and oxygen atoms in total. The van der Waals surface area contributed by atoms with E-state index in [4.69, 9.17) is 26.2 Å². The van der Waals surface area contributed by atoms with E-state index in [9.17, 15) is 8.78 Å². The topological polar surface area (TPSA) is 53.6 Å². The molecule has 0 N–H and O–H groups in total. The lowest BCUT2D eigenvalue weighted by Crippen LogP contribution is -2.09. The summed E-state index contributed by atoms with van der Waals surface area (Å²) in [6, 6.07) is 19.7. The van der Waals surface area contributed by atoms with Crippen molar-refractivity contribution in [3.05, 3.63) is 94.8 Å². The van der Waals surface area contributed by atoms with Crippen molar-refractivity contribution in [3.8, 4) is 28.3 Å². The molecule has 0 aliphatic heterocycles. The first-order valence-corrected chi connectivity index (χ1v) is 11.2. The molecule has 0 saturated heterocycles. The minimum atomic E-state index is -0.828. The zero-order valence-electron chi connectivity index (χ0n) is 19.0. The molecule has 35 heavy (non-hydrogen) atoms. The fourth-order valence-corrected chi connectivity index (χ4v) is 4.16. The number of hydrogen-bond acceptors (Lipinski definition) is 4. The van der Waals surface area contributed by atoms with Gasteiger partial charge in [0.1, 0.15) is 0 Å². The van der Waals surface area contributed by atoms with Crippen LogP contribution in [0.2, 0.25) is 5.02 Å². The van der Waals surface area contributed by atoms with Gasteiger partial charge in [-0.05, 0) is 43.3 Å². The van der Waals surface area contributed by atoms with Crippen molar-refractivity contribution in [2.75, 3.05) is 13.9 Å². The molecular formula is C26H21ClF2N4O2. The SMILES string of the molecule is COCOc1c(F)cc(-c2cc(C)n(Cc3cc(Cl)cc4cc(-c5ccccc5)nn34)n2)cc1F. The van der Waals surface area contributed by atoms with Gasteiger partial charge in [0.2, 0.25) is 0 Å². The van der Waals surface area contributed by atoms with Crippen LogP contribution < -0.4 is 4.74 Å². The highest BCUT2D eigenvalue weighted by molar-refractivity contribution is 6.31. The number of rotatable bonds is 7. The number of hydrogen-bond donors (Lipinski definition) is 0. The Hall–Kier alpha value is -3.75. The van der Waals surface area contributed by atoms with Crippen LogP contribution in [0.15, 0.2) is 66.7 Å². The molecule has 5 aromatic rings. The minimum Gasteiger partial charge on any atom is -0.461 e. The van der Waals surface area contributed by atoms with Crippen LogP contribution in [-0.2, 0) is 11.3 Å². The maximum Gasteiger partial charge on any atom is 0.193 e. The molecule has 0 radical (unpaired) electrons. The first kappa shape index (κ1) is 23.0. The molecule has 9 heteroatoms. The average Bonchev–Trinajstić information content (AvgIpc) is 3.43. The standard InChI is InChI=1S/C26H21ClF2N4O2/c1-16-8-24(18-9-22(28)26(23(29)10-18)35-15-34-2)30-32(16)14-21-12-19(27)11-20-13-25(31-33(20)21)17-6-4-3-5-7-17/h3-13H,14-15H2,1-2H3. The van der Waals surface area contributed by atoms with Gasteiger partial charge in [0.15, 0.2) is 24.2 Å². The van der Waals surface area contributed by atoms with Crippen LogP contribution in [0.25, 0.3) is 28.0 Å². The Balaban J connectivity index is 1.49. The van der Waals surface area contributed by atoms with Gasteiger partial charge < -0.3 is 9.47 Å². The van der Waals surface area contributed by atoms with Crippen LogP contribution in [0, 0.1) is 18.6 Å². The smallest absolute Gasteiger partial charge is 0.193 e. The van der Waals surface area contributed by atoms with Gasteiger partial charge in [-0.25, -0.2) is 13.3 Å². The van der Waals surface area contributed by atoms with Crippen molar-refractivity contribution < 1.29 is 18.3 Å². The predicted molar refractivity (Wildman–Crippen MR) is 130 cm³/mol. The van der Waals surface area contributed by atoms with Gasteiger partial charge in [0.25, 0.3) is 0 Å². The van der Waals surface area contributed by atoms with Crippen LogP contribution in [0.1, 0.15) is 11.4 Å². The van der Waals surface area contributed by atoms with Crippen molar-refractivity contribution in [1.29, 1.82) is 0 Å². The number of fused-ring (bicyclic) bond motifs is 1. The molecule has 0 bridgehead atoms. The zero-order valence-corrected chi connectivity index (χ0v) is 19.8. The Labute approximate surface area is 205 Å². The van der Waals surface area contributed by atoms with Crippen LogP contribution >= 0.6 is 11.6 Å². The first-order chi connectivity index (χ1) is 16.9. The van der Waals surface area contributed by atoms with Gasteiger partial charge in [0, 0.05) is 29.0 Å². The number of benzene rings is 2. The Morgan fingerprint density at radius 2 is 1.60 bits per heavy atom. The summed E-state index contributed by atoms with van der Waals surface area (Å²) in [4.78, 5) is 0. The number of nitrogens with zero attached hydrogens (tertiary/aromatic N) is 4. The number of aromatic nitrogens is 4. The van der Waals surface area contributed by atoms with E-state index in [1.807, 2.05) is 60.0 Å². The Kier molecular flexibility index (Phi) is 6.23. The fraction of sp³-hybridized carbons (Fsp3) is 0.154. The third kappa shape index (κ3) is 4.62. The summed E-state index contributed by atoms with van der Waals surface area (Å²) in [5, 5.41) is 9.93. The van der Waals surface area contributed by atoms with Crippen molar-refractivity contribution in [1.82, 2.24) is 19.4 Å². The van der Waals surface area contributed by atoms with Gasteiger partial charge in [-0.1, -0.05) is 41.9 Å². The Morgan fingerprint density at radius 1 is 0.886 bits per heavy atom. The summed E-state index contributed by atoms with van der Waals surface area (Å²) in [7, 11) is 1.37. The fourth-order valence-electron chi connectivity index (χ4n) is 3.92. The van der Waals surface area contributed by atoms with Crippen LogP contribution in [0.5, 0.6) is 5.75 Å².